The van der Waals surface area contributed by atoms with Crippen LogP contribution in [-0.4, -0.2) is 23.2 Å². The summed E-state index contributed by atoms with van der Waals surface area (Å²) in [6, 6.07) is 0. The first-order valence-corrected chi connectivity index (χ1v) is 2.88. The topological polar surface area (TPSA) is 42.3 Å². The highest BCUT2D eigenvalue weighted by atomic mass is 28.2. The fourth-order valence-corrected chi connectivity index (χ4v) is 0.308. The van der Waals surface area contributed by atoms with Crippen LogP contribution < -0.4 is 0 Å². The zero-order valence-electron chi connectivity index (χ0n) is 4.52. The second-order valence-electron chi connectivity index (χ2n) is 0.925. The first-order chi connectivity index (χ1) is 3.31. The van der Waals surface area contributed by atoms with Gasteiger partial charge < -0.3 is 9.16 Å². The maximum Gasteiger partial charge on any atom is 0.365 e. The molecule has 0 atom stereocenters. The Morgan fingerprint density at radius 3 is 2.57 bits per heavy atom. The van der Waals surface area contributed by atoms with E-state index in [9.17, 15) is 0 Å². The molecule has 0 bridgehead atoms. The Morgan fingerprint density at radius 1 is 1.86 bits per heavy atom. The molecule has 0 saturated heterocycles. The van der Waals surface area contributed by atoms with Gasteiger partial charge in [-0.3, -0.25) is 0 Å². The summed E-state index contributed by atoms with van der Waals surface area (Å²) in [5, 5.41) is 6.73. The Kier molecular flexibility index (Phi) is 3.40. The van der Waals surface area contributed by atoms with Crippen LogP contribution in [0.2, 0.25) is 0 Å². The summed E-state index contributed by atoms with van der Waals surface area (Å²) in [4.78, 5) is 0. The zero-order chi connectivity index (χ0) is 5.70. The molecule has 0 fully saturated rings. The number of rotatable bonds is 1. The smallest absolute Gasteiger partial charge is 0.365 e. The Hall–Kier alpha value is -0.513. The normalized spacial score (nSPS) is 8.14. The van der Waals surface area contributed by atoms with Crippen LogP contribution in [0.1, 0.15) is 6.92 Å². The van der Waals surface area contributed by atoms with Crippen LogP contribution in [-0.2, 0) is 9.16 Å². The van der Waals surface area contributed by atoms with Crippen LogP contribution in [0, 0.1) is 5.41 Å². The second kappa shape index (κ2) is 3.67. The van der Waals surface area contributed by atoms with Gasteiger partial charge in [-0.05, 0) is 6.92 Å². The van der Waals surface area contributed by atoms with E-state index in [-0.39, 0.29) is 6.08 Å². The Morgan fingerprint density at radius 2 is 2.43 bits per heavy atom. The lowest BCUT2D eigenvalue weighted by atomic mass is 10.9. The number of nitrogens with one attached hydrogen (secondary N) is 1. The van der Waals surface area contributed by atoms with E-state index in [1.54, 1.807) is 0 Å². The number of ether oxygens (including phenoxy) is 1. The monoisotopic (exact) mass is 119 g/mol. The Balaban J connectivity index is 3.00. The van der Waals surface area contributed by atoms with E-state index >= 15 is 0 Å². The fraction of sp³-hybridized carbons (Fsp3) is 0.667. The summed E-state index contributed by atoms with van der Waals surface area (Å²) in [6.45, 7) is 2.33. The SMILES string of the molecule is CCOC(=N)O[SiH3]. The van der Waals surface area contributed by atoms with Gasteiger partial charge in [-0.1, -0.05) is 0 Å². The minimum absolute atomic E-state index is 0.0610. The third-order valence-corrected chi connectivity index (χ3v) is 0.832. The van der Waals surface area contributed by atoms with E-state index in [1.165, 1.54) is 0 Å². The van der Waals surface area contributed by atoms with Gasteiger partial charge in [-0.25, -0.2) is 5.41 Å². The maximum atomic E-state index is 6.73. The lowest BCUT2D eigenvalue weighted by Crippen LogP contribution is -2.04. The van der Waals surface area contributed by atoms with Crippen molar-refractivity contribution in [2.45, 2.75) is 6.92 Å². The Labute approximate surface area is 45.7 Å². The predicted molar refractivity (Wildman–Crippen MR) is 30.4 cm³/mol. The first-order valence-electron chi connectivity index (χ1n) is 2.06. The van der Waals surface area contributed by atoms with Crippen molar-refractivity contribution in [2.75, 3.05) is 6.61 Å². The molecule has 0 saturated carbocycles. The van der Waals surface area contributed by atoms with Crippen LogP contribution in [0.4, 0.5) is 0 Å². The standard InChI is InChI=1S/C3H9NO2Si/c1-2-5-3(4)6-7/h4H,2H2,1,7H3. The van der Waals surface area contributed by atoms with Crippen molar-refractivity contribution >= 4 is 16.6 Å². The third kappa shape index (κ3) is 3.31. The third-order valence-electron chi connectivity index (χ3n) is 0.461. The summed E-state index contributed by atoms with van der Waals surface area (Å²) in [5.74, 6) is 0. The molecule has 0 rings (SSSR count). The zero-order valence-corrected chi connectivity index (χ0v) is 6.52. The lowest BCUT2D eigenvalue weighted by Gasteiger charge is -1.99. The molecule has 0 aromatic rings. The fourth-order valence-electron chi connectivity index (χ4n) is 0.190. The summed E-state index contributed by atoms with van der Waals surface area (Å²) >= 11 is 0. The molecule has 4 heteroatoms. The van der Waals surface area contributed by atoms with Crippen LogP contribution in [0.25, 0.3) is 0 Å². The van der Waals surface area contributed by atoms with E-state index < -0.39 is 0 Å². The van der Waals surface area contributed by atoms with E-state index in [2.05, 4.69) is 9.16 Å². The molecule has 0 amide bonds. The highest BCUT2D eigenvalue weighted by Gasteiger charge is 1.85. The van der Waals surface area contributed by atoms with E-state index in [1.807, 2.05) is 6.92 Å². The summed E-state index contributed by atoms with van der Waals surface area (Å²) in [5.41, 5.74) is 0. The van der Waals surface area contributed by atoms with Gasteiger partial charge in [0.15, 0.2) is 0 Å². The highest BCUT2D eigenvalue weighted by molar-refractivity contribution is 6.04. The van der Waals surface area contributed by atoms with E-state index in [4.69, 9.17) is 5.41 Å². The van der Waals surface area contributed by atoms with Crippen molar-refractivity contribution < 1.29 is 9.16 Å². The molecule has 0 aromatic heterocycles. The molecule has 0 aliphatic carbocycles. The van der Waals surface area contributed by atoms with Crippen LogP contribution >= 0.6 is 0 Å². The van der Waals surface area contributed by atoms with Crippen LogP contribution in [0.5, 0.6) is 0 Å². The molecule has 0 spiro atoms. The van der Waals surface area contributed by atoms with Crippen molar-refractivity contribution in [3.63, 3.8) is 0 Å². The minimum Gasteiger partial charge on any atom is -0.515 e. The molecular formula is C3H9NO2Si. The van der Waals surface area contributed by atoms with Crippen LogP contribution in [0.3, 0.4) is 0 Å². The molecule has 1 N–H and O–H groups in total. The average Bonchev–Trinajstić information content (AvgIpc) is 1.68. The van der Waals surface area contributed by atoms with Crippen molar-refractivity contribution in [3.05, 3.63) is 0 Å². The van der Waals surface area contributed by atoms with Crippen molar-refractivity contribution in [2.24, 2.45) is 0 Å². The largest absolute Gasteiger partial charge is 0.515 e. The predicted octanol–water partition coefficient (Wildman–Crippen LogP) is -0.745. The molecule has 42 valence electrons. The molecule has 0 heterocycles. The van der Waals surface area contributed by atoms with E-state index in [0.717, 1.165) is 0 Å². The van der Waals surface area contributed by atoms with Gasteiger partial charge in [0.1, 0.15) is 0 Å². The van der Waals surface area contributed by atoms with Gasteiger partial charge in [0.05, 0.1) is 6.61 Å². The summed E-state index contributed by atoms with van der Waals surface area (Å²) in [6.07, 6.45) is -0.0610. The molecular weight excluding hydrogens is 110 g/mol. The van der Waals surface area contributed by atoms with Gasteiger partial charge in [0, 0.05) is 0 Å². The molecule has 0 aliphatic rings. The molecule has 0 aliphatic heterocycles. The molecule has 0 radical (unpaired) electrons. The van der Waals surface area contributed by atoms with Crippen LogP contribution in [0.15, 0.2) is 0 Å². The average molecular weight is 119 g/mol. The minimum atomic E-state index is -0.0610. The van der Waals surface area contributed by atoms with Gasteiger partial charge in [0.2, 0.25) is 10.5 Å². The molecule has 0 aromatic carbocycles. The van der Waals surface area contributed by atoms with Crippen molar-refractivity contribution in [1.82, 2.24) is 0 Å². The lowest BCUT2D eigenvalue weighted by molar-refractivity contribution is 0.253. The van der Waals surface area contributed by atoms with Crippen molar-refractivity contribution in [1.29, 1.82) is 5.41 Å². The highest BCUT2D eigenvalue weighted by Crippen LogP contribution is 1.74. The maximum absolute atomic E-state index is 6.73. The summed E-state index contributed by atoms with van der Waals surface area (Å²) < 4.78 is 9.08. The number of hydrogen-bond donors (Lipinski definition) is 1. The van der Waals surface area contributed by atoms with E-state index in [0.29, 0.717) is 17.1 Å². The molecule has 3 nitrogen and oxygen atoms in total. The van der Waals surface area contributed by atoms with Gasteiger partial charge in [0.25, 0.3) is 0 Å². The summed E-state index contributed by atoms with van der Waals surface area (Å²) in [7, 11) is 0.538. The Bertz CT molecular complexity index is 66.0. The first kappa shape index (κ1) is 6.49. The number of hydrogen-bond acceptors (Lipinski definition) is 3. The second-order valence-corrected chi connectivity index (χ2v) is 1.33. The molecule has 7 heavy (non-hydrogen) atoms. The quantitative estimate of drug-likeness (QED) is 0.280. The van der Waals surface area contributed by atoms with Gasteiger partial charge in [-0.15, -0.1) is 0 Å². The molecule has 0 unspecified atom stereocenters. The van der Waals surface area contributed by atoms with Gasteiger partial charge in [-0.2, -0.15) is 0 Å². The van der Waals surface area contributed by atoms with Crippen molar-refractivity contribution in [3.8, 4) is 0 Å². The van der Waals surface area contributed by atoms with Gasteiger partial charge >= 0.3 is 6.08 Å².